The molecule has 0 aliphatic heterocycles. The van der Waals surface area contributed by atoms with Gasteiger partial charge in [0.05, 0.1) is 21.5 Å². The molecule has 0 aromatic heterocycles. The molecule has 30 heavy (non-hydrogen) atoms. The molecule has 0 rings (SSSR count). The second-order valence-electron chi connectivity index (χ2n) is 8.88. The summed E-state index contributed by atoms with van der Waals surface area (Å²) in [6.07, 6.45) is 20.8. The van der Waals surface area contributed by atoms with E-state index >= 15 is 0 Å². The van der Waals surface area contributed by atoms with Crippen molar-refractivity contribution in [1.29, 1.82) is 0 Å². The van der Waals surface area contributed by atoms with Crippen LogP contribution in [0.1, 0.15) is 142 Å². The Labute approximate surface area is 230 Å². The number of aliphatic hydroxyl groups excluding tert-OH is 1. The van der Waals surface area contributed by atoms with Gasteiger partial charge in [0.1, 0.15) is 0 Å². The smallest absolute Gasteiger partial charge is 0.748 e. The average Bonchev–Trinajstić information content (AvgIpc) is 2.67. The third kappa shape index (κ3) is 22.7. The predicted molar refractivity (Wildman–Crippen MR) is 123 cm³/mol. The molecule has 2 unspecified atom stereocenters. The van der Waals surface area contributed by atoms with Crippen molar-refractivity contribution in [1.82, 2.24) is 0 Å². The molecule has 0 radical (unpaired) electrons. The SMILES string of the molecule is CCCCCCCCCCCCCCC(O)CC(CCCCCCC)S(=O)(=O)[O-].[K+]. The van der Waals surface area contributed by atoms with Gasteiger partial charge in [-0.2, -0.15) is 0 Å². The Hall–Kier alpha value is 1.51. The maximum atomic E-state index is 11.5. The Balaban J connectivity index is 0. The topological polar surface area (TPSA) is 77.4 Å². The Kier molecular flexibility index (Phi) is 26.6. The fraction of sp³-hybridized carbons (Fsp3) is 1.00. The molecule has 4 nitrogen and oxygen atoms in total. The van der Waals surface area contributed by atoms with Crippen LogP contribution in [0.2, 0.25) is 0 Å². The summed E-state index contributed by atoms with van der Waals surface area (Å²) in [7, 11) is -4.32. The molecule has 176 valence electrons. The summed E-state index contributed by atoms with van der Waals surface area (Å²) in [6, 6.07) is 0. The summed E-state index contributed by atoms with van der Waals surface area (Å²) in [5.74, 6) is 0. The first-order chi connectivity index (χ1) is 13.9. The Morgan fingerprint density at radius 1 is 0.633 bits per heavy atom. The Bertz CT molecular complexity index is 442. The van der Waals surface area contributed by atoms with E-state index in [1.54, 1.807) is 0 Å². The van der Waals surface area contributed by atoms with E-state index in [2.05, 4.69) is 13.8 Å². The molecular formula is C24H49KO4S. The van der Waals surface area contributed by atoms with Crippen LogP contribution >= 0.6 is 0 Å². The fourth-order valence-electron chi connectivity index (χ4n) is 4.00. The number of rotatable bonds is 22. The van der Waals surface area contributed by atoms with E-state index in [1.807, 2.05) is 0 Å². The second-order valence-corrected chi connectivity index (χ2v) is 10.5. The van der Waals surface area contributed by atoms with Gasteiger partial charge in [-0.1, -0.05) is 123 Å². The van der Waals surface area contributed by atoms with E-state index in [0.717, 1.165) is 44.9 Å². The fourth-order valence-corrected chi connectivity index (χ4v) is 4.91. The van der Waals surface area contributed by atoms with Gasteiger partial charge in [0.25, 0.3) is 0 Å². The zero-order valence-electron chi connectivity index (χ0n) is 20.4. The number of aliphatic hydroxyl groups is 1. The van der Waals surface area contributed by atoms with Crippen molar-refractivity contribution >= 4 is 10.1 Å². The van der Waals surface area contributed by atoms with Crippen LogP contribution in [-0.2, 0) is 10.1 Å². The van der Waals surface area contributed by atoms with Crippen molar-refractivity contribution in [2.75, 3.05) is 0 Å². The third-order valence-corrected chi connectivity index (χ3v) is 7.21. The molecule has 0 aromatic carbocycles. The van der Waals surface area contributed by atoms with Gasteiger partial charge in [-0.3, -0.25) is 0 Å². The molecule has 0 aliphatic rings. The Morgan fingerprint density at radius 3 is 1.33 bits per heavy atom. The van der Waals surface area contributed by atoms with Crippen molar-refractivity contribution in [2.45, 2.75) is 154 Å². The van der Waals surface area contributed by atoms with Crippen LogP contribution in [0, 0.1) is 0 Å². The standard InChI is InChI=1S/C24H50O4S.K/c1-3-5-7-9-10-11-12-13-14-15-17-18-20-23(25)22-24(29(26,27)28)21-19-16-8-6-4-2;/h23-25H,3-22H2,1-2H3,(H,26,27,28);/q;+1/p-1. The maximum Gasteiger partial charge on any atom is 1.00 e. The number of hydrogen-bond acceptors (Lipinski definition) is 4. The van der Waals surface area contributed by atoms with Gasteiger partial charge in [0, 0.05) is 0 Å². The summed E-state index contributed by atoms with van der Waals surface area (Å²) in [6.45, 7) is 4.38. The van der Waals surface area contributed by atoms with E-state index in [9.17, 15) is 18.1 Å². The predicted octanol–water partition coefficient (Wildman–Crippen LogP) is 4.11. The van der Waals surface area contributed by atoms with Crippen LogP contribution in [0.25, 0.3) is 0 Å². The van der Waals surface area contributed by atoms with E-state index in [1.165, 1.54) is 64.2 Å². The Morgan fingerprint density at radius 2 is 0.967 bits per heavy atom. The van der Waals surface area contributed by atoms with Crippen molar-refractivity contribution < 1.29 is 69.5 Å². The molecule has 0 aliphatic carbocycles. The van der Waals surface area contributed by atoms with E-state index < -0.39 is 21.5 Å². The minimum Gasteiger partial charge on any atom is -0.748 e. The molecule has 0 spiro atoms. The van der Waals surface area contributed by atoms with Gasteiger partial charge in [-0.15, -0.1) is 0 Å². The number of unbranched alkanes of at least 4 members (excludes halogenated alkanes) is 15. The minimum absolute atomic E-state index is 0. The maximum absolute atomic E-state index is 11.5. The van der Waals surface area contributed by atoms with Crippen molar-refractivity contribution in [3.63, 3.8) is 0 Å². The van der Waals surface area contributed by atoms with E-state index in [0.29, 0.717) is 12.8 Å². The van der Waals surface area contributed by atoms with E-state index in [-0.39, 0.29) is 57.8 Å². The van der Waals surface area contributed by atoms with Crippen molar-refractivity contribution in [3.05, 3.63) is 0 Å². The molecule has 0 bridgehead atoms. The van der Waals surface area contributed by atoms with Crippen LogP contribution in [0.3, 0.4) is 0 Å². The van der Waals surface area contributed by atoms with Gasteiger partial charge in [-0.05, 0) is 19.3 Å². The van der Waals surface area contributed by atoms with Crippen molar-refractivity contribution in [2.24, 2.45) is 0 Å². The zero-order chi connectivity index (χ0) is 21.8. The van der Waals surface area contributed by atoms with Gasteiger partial charge >= 0.3 is 51.4 Å². The average molecular weight is 473 g/mol. The molecule has 0 saturated heterocycles. The van der Waals surface area contributed by atoms with Crippen LogP contribution in [0.4, 0.5) is 0 Å². The molecule has 0 amide bonds. The summed E-state index contributed by atoms with van der Waals surface area (Å²) in [5.41, 5.74) is 0. The summed E-state index contributed by atoms with van der Waals surface area (Å²) in [5, 5.41) is 9.26. The molecule has 0 saturated carbocycles. The van der Waals surface area contributed by atoms with Crippen LogP contribution in [-0.4, -0.2) is 29.4 Å². The normalized spacial score (nSPS) is 13.7. The van der Waals surface area contributed by atoms with Gasteiger partial charge in [-0.25, -0.2) is 8.42 Å². The molecular weight excluding hydrogens is 423 g/mol. The second kappa shape index (κ2) is 23.7. The van der Waals surface area contributed by atoms with Crippen LogP contribution < -0.4 is 51.4 Å². The molecule has 0 fully saturated rings. The molecule has 1 N–H and O–H groups in total. The van der Waals surface area contributed by atoms with E-state index in [4.69, 9.17) is 0 Å². The molecule has 0 aromatic rings. The van der Waals surface area contributed by atoms with Crippen LogP contribution in [0.15, 0.2) is 0 Å². The summed E-state index contributed by atoms with van der Waals surface area (Å²) < 4.78 is 34.5. The van der Waals surface area contributed by atoms with Crippen LogP contribution in [0.5, 0.6) is 0 Å². The molecule has 0 heterocycles. The largest absolute Gasteiger partial charge is 1.00 e. The van der Waals surface area contributed by atoms with Crippen molar-refractivity contribution in [3.8, 4) is 0 Å². The third-order valence-electron chi connectivity index (χ3n) is 5.96. The summed E-state index contributed by atoms with van der Waals surface area (Å²) in [4.78, 5) is 0. The van der Waals surface area contributed by atoms with Gasteiger partial charge < -0.3 is 9.66 Å². The van der Waals surface area contributed by atoms with Gasteiger partial charge in [0.15, 0.2) is 0 Å². The minimum atomic E-state index is -4.32. The molecule has 2 atom stereocenters. The number of hydrogen-bond donors (Lipinski definition) is 1. The first kappa shape index (κ1) is 33.7. The first-order valence-corrected chi connectivity index (χ1v) is 14.0. The molecule has 6 heteroatoms. The zero-order valence-corrected chi connectivity index (χ0v) is 24.3. The quantitative estimate of drug-likeness (QED) is 0.146. The monoisotopic (exact) mass is 472 g/mol. The first-order valence-electron chi connectivity index (χ1n) is 12.5. The van der Waals surface area contributed by atoms with Gasteiger partial charge in [0.2, 0.25) is 0 Å². The summed E-state index contributed by atoms with van der Waals surface area (Å²) >= 11 is 0.